The lowest BCUT2D eigenvalue weighted by Gasteiger charge is -2.04. The van der Waals surface area contributed by atoms with Crippen LogP contribution in [0.25, 0.3) is 11.5 Å². The number of anilines is 1. The Balaban J connectivity index is 2.38. The van der Waals surface area contributed by atoms with E-state index in [1.54, 1.807) is 18.3 Å². The summed E-state index contributed by atoms with van der Waals surface area (Å²) in [5, 5.41) is 15.9. The van der Waals surface area contributed by atoms with Gasteiger partial charge in [0, 0.05) is 6.20 Å². The van der Waals surface area contributed by atoms with E-state index in [2.05, 4.69) is 37.5 Å². The van der Waals surface area contributed by atoms with Crippen LogP contribution in [0.3, 0.4) is 0 Å². The molecule has 7 heteroatoms. The van der Waals surface area contributed by atoms with E-state index < -0.39 is 0 Å². The minimum Gasteiger partial charge on any atom is -0.320 e. The van der Waals surface area contributed by atoms with E-state index in [9.17, 15) is 4.79 Å². The molecule has 0 bridgehead atoms. The highest BCUT2D eigenvalue weighted by Gasteiger charge is 2.11. The molecule has 0 spiro atoms. The molecule has 80 valence electrons. The highest BCUT2D eigenvalue weighted by molar-refractivity contribution is 6.00. The number of amides is 1. The minimum atomic E-state index is -0.322. The van der Waals surface area contributed by atoms with E-state index in [1.165, 1.54) is 6.08 Å². The predicted octanol–water partition coefficient (Wildman–Crippen LogP) is 0.386. The van der Waals surface area contributed by atoms with Crippen LogP contribution < -0.4 is 5.32 Å². The molecule has 0 aliphatic rings. The average Bonchev–Trinajstić information content (AvgIpc) is 2.83. The molecule has 0 aromatic carbocycles. The first-order valence-electron chi connectivity index (χ1n) is 4.43. The van der Waals surface area contributed by atoms with Crippen LogP contribution in [0.4, 0.5) is 5.69 Å². The van der Waals surface area contributed by atoms with Gasteiger partial charge in [0.2, 0.25) is 11.7 Å². The third kappa shape index (κ3) is 1.92. The maximum Gasteiger partial charge on any atom is 0.247 e. The summed E-state index contributed by atoms with van der Waals surface area (Å²) in [6, 6.07) is 3.39. The lowest BCUT2D eigenvalue weighted by atomic mass is 10.3. The molecule has 0 aliphatic carbocycles. The van der Waals surface area contributed by atoms with Gasteiger partial charge in [0.25, 0.3) is 0 Å². The summed E-state index contributed by atoms with van der Waals surface area (Å²) in [5.41, 5.74) is 0.959. The van der Waals surface area contributed by atoms with Crippen LogP contribution in [0.15, 0.2) is 31.0 Å². The molecule has 2 N–H and O–H groups in total. The number of hydrogen-bond acceptors (Lipinski definition) is 5. The summed E-state index contributed by atoms with van der Waals surface area (Å²) in [7, 11) is 0. The van der Waals surface area contributed by atoms with Crippen molar-refractivity contribution in [2.75, 3.05) is 5.32 Å². The van der Waals surface area contributed by atoms with Crippen molar-refractivity contribution in [1.82, 2.24) is 25.6 Å². The van der Waals surface area contributed by atoms with Gasteiger partial charge in [-0.25, -0.2) is 0 Å². The largest absolute Gasteiger partial charge is 0.320 e. The zero-order valence-corrected chi connectivity index (χ0v) is 8.21. The normalized spacial score (nSPS) is 9.75. The number of H-pyrrole nitrogens is 1. The van der Waals surface area contributed by atoms with Gasteiger partial charge in [-0.3, -0.25) is 9.78 Å². The molecule has 2 heterocycles. The van der Waals surface area contributed by atoms with Crippen molar-refractivity contribution in [3.63, 3.8) is 0 Å². The summed E-state index contributed by atoms with van der Waals surface area (Å²) in [5.74, 6) is -0.00212. The van der Waals surface area contributed by atoms with E-state index in [4.69, 9.17) is 0 Å². The van der Waals surface area contributed by atoms with Gasteiger partial charge in [0.15, 0.2) is 0 Å². The van der Waals surface area contributed by atoms with Gasteiger partial charge in [-0.1, -0.05) is 6.58 Å². The van der Waals surface area contributed by atoms with Gasteiger partial charge in [-0.2, -0.15) is 5.21 Å². The van der Waals surface area contributed by atoms with Crippen molar-refractivity contribution in [3.05, 3.63) is 31.0 Å². The van der Waals surface area contributed by atoms with Crippen LogP contribution in [0.1, 0.15) is 0 Å². The van der Waals surface area contributed by atoms with Gasteiger partial charge in [0.1, 0.15) is 5.69 Å². The van der Waals surface area contributed by atoms with Crippen LogP contribution in [-0.2, 0) is 4.79 Å². The molecule has 2 rings (SSSR count). The Morgan fingerprint density at radius 1 is 1.56 bits per heavy atom. The molecule has 0 unspecified atom stereocenters. The molecular weight excluding hydrogens is 208 g/mol. The van der Waals surface area contributed by atoms with Crippen LogP contribution >= 0.6 is 0 Å². The zero-order chi connectivity index (χ0) is 11.4. The molecule has 0 saturated carbocycles. The van der Waals surface area contributed by atoms with Gasteiger partial charge in [0.05, 0.1) is 5.69 Å². The fourth-order valence-electron chi connectivity index (χ4n) is 1.13. The number of rotatable bonds is 3. The number of aromatic amines is 1. The highest BCUT2D eigenvalue weighted by Crippen LogP contribution is 2.20. The molecule has 7 nitrogen and oxygen atoms in total. The maximum absolute atomic E-state index is 11.2. The van der Waals surface area contributed by atoms with E-state index in [1.807, 2.05) is 0 Å². The number of nitrogens with zero attached hydrogens (tertiary/aromatic N) is 4. The third-order valence-electron chi connectivity index (χ3n) is 1.81. The molecule has 16 heavy (non-hydrogen) atoms. The smallest absolute Gasteiger partial charge is 0.247 e. The van der Waals surface area contributed by atoms with Gasteiger partial charge < -0.3 is 5.32 Å². The maximum atomic E-state index is 11.2. The van der Waals surface area contributed by atoms with Crippen molar-refractivity contribution < 1.29 is 4.79 Å². The molecule has 0 radical (unpaired) electrons. The van der Waals surface area contributed by atoms with Crippen LogP contribution in [0.2, 0.25) is 0 Å². The molecule has 2 aromatic heterocycles. The van der Waals surface area contributed by atoms with Gasteiger partial charge >= 0.3 is 0 Å². The van der Waals surface area contributed by atoms with Crippen molar-refractivity contribution >= 4 is 11.6 Å². The van der Waals surface area contributed by atoms with Crippen molar-refractivity contribution in [3.8, 4) is 11.5 Å². The topological polar surface area (TPSA) is 96.5 Å². The Labute approximate surface area is 90.6 Å². The van der Waals surface area contributed by atoms with Crippen molar-refractivity contribution in [1.29, 1.82) is 0 Å². The number of nitrogens with one attached hydrogen (secondary N) is 2. The Kier molecular flexibility index (Phi) is 2.68. The van der Waals surface area contributed by atoms with Crippen molar-refractivity contribution in [2.45, 2.75) is 0 Å². The summed E-state index contributed by atoms with van der Waals surface area (Å²) < 4.78 is 0. The standard InChI is InChI=1S/C9H8N6O/c1-2-7(16)11-6-4-3-5-10-8(6)9-12-14-15-13-9/h2-5H,1H2,(H,11,16)(H,12,13,14,15). The Morgan fingerprint density at radius 3 is 3.12 bits per heavy atom. The lowest BCUT2D eigenvalue weighted by molar-refractivity contribution is -0.111. The van der Waals surface area contributed by atoms with E-state index in [0.29, 0.717) is 17.2 Å². The SMILES string of the molecule is C=CC(=O)Nc1cccnc1-c1nn[nH]n1. The number of aromatic nitrogens is 5. The van der Waals surface area contributed by atoms with Crippen LogP contribution in [0, 0.1) is 0 Å². The number of tetrazole rings is 1. The first kappa shape index (κ1) is 9.97. The summed E-state index contributed by atoms with van der Waals surface area (Å²) >= 11 is 0. The number of pyridine rings is 1. The molecule has 2 aromatic rings. The van der Waals surface area contributed by atoms with Gasteiger partial charge in [-0.15, -0.1) is 10.2 Å². The Hall–Kier alpha value is -2.57. The quantitative estimate of drug-likeness (QED) is 0.723. The van der Waals surface area contributed by atoms with E-state index >= 15 is 0 Å². The first-order chi connectivity index (χ1) is 7.81. The Bertz CT molecular complexity index is 506. The summed E-state index contributed by atoms with van der Waals surface area (Å²) in [4.78, 5) is 15.3. The average molecular weight is 216 g/mol. The molecule has 0 saturated heterocycles. The van der Waals surface area contributed by atoms with E-state index in [-0.39, 0.29) is 5.91 Å². The third-order valence-corrected chi connectivity index (χ3v) is 1.81. The first-order valence-corrected chi connectivity index (χ1v) is 4.43. The predicted molar refractivity (Wildman–Crippen MR) is 56.2 cm³/mol. The number of carbonyl (C=O) groups excluding carboxylic acids is 1. The second-order valence-corrected chi connectivity index (χ2v) is 2.83. The summed E-state index contributed by atoms with van der Waals surface area (Å²) in [6.07, 6.45) is 2.75. The lowest BCUT2D eigenvalue weighted by Crippen LogP contribution is -2.09. The molecule has 0 atom stereocenters. The highest BCUT2D eigenvalue weighted by atomic mass is 16.1. The Morgan fingerprint density at radius 2 is 2.44 bits per heavy atom. The van der Waals surface area contributed by atoms with Crippen LogP contribution in [-0.4, -0.2) is 31.5 Å². The fourth-order valence-corrected chi connectivity index (χ4v) is 1.13. The molecule has 0 fully saturated rings. The van der Waals surface area contributed by atoms with E-state index in [0.717, 1.165) is 0 Å². The second kappa shape index (κ2) is 4.30. The minimum absolute atomic E-state index is 0.319. The summed E-state index contributed by atoms with van der Waals surface area (Å²) in [6.45, 7) is 3.37. The molecular formula is C9H8N6O. The number of hydrogen-bond donors (Lipinski definition) is 2. The molecule has 1 amide bonds. The van der Waals surface area contributed by atoms with Crippen LogP contribution in [0.5, 0.6) is 0 Å². The monoisotopic (exact) mass is 216 g/mol. The second-order valence-electron chi connectivity index (χ2n) is 2.83. The number of carbonyl (C=O) groups is 1. The fraction of sp³-hybridized carbons (Fsp3) is 0. The zero-order valence-electron chi connectivity index (χ0n) is 8.21. The van der Waals surface area contributed by atoms with Gasteiger partial charge in [-0.05, 0) is 23.4 Å². The molecule has 0 aliphatic heterocycles. The van der Waals surface area contributed by atoms with Crippen molar-refractivity contribution in [2.24, 2.45) is 0 Å².